The van der Waals surface area contributed by atoms with E-state index < -0.39 is 12.8 Å². The summed E-state index contributed by atoms with van der Waals surface area (Å²) in [6.45, 7) is 3.21. The highest BCUT2D eigenvalue weighted by Gasteiger charge is 2.27. The minimum atomic E-state index is -4.29. The van der Waals surface area contributed by atoms with Gasteiger partial charge in [0, 0.05) is 19.2 Å². The van der Waals surface area contributed by atoms with Gasteiger partial charge in [0.15, 0.2) is 0 Å². The van der Waals surface area contributed by atoms with E-state index in [9.17, 15) is 18.0 Å². The van der Waals surface area contributed by atoms with Crippen molar-refractivity contribution in [3.05, 3.63) is 0 Å². The fraction of sp³-hybridized carbons (Fsp3) is 0.909. The van der Waals surface area contributed by atoms with Crippen LogP contribution in [0, 0.1) is 0 Å². The topological polar surface area (TPSA) is 38.8 Å². The highest BCUT2D eigenvalue weighted by Crippen LogP contribution is 2.14. The summed E-state index contributed by atoms with van der Waals surface area (Å²) >= 11 is 0. The molecule has 7 heteroatoms. The van der Waals surface area contributed by atoms with Crippen LogP contribution in [-0.2, 0) is 14.3 Å². The van der Waals surface area contributed by atoms with Crippen molar-refractivity contribution in [1.29, 1.82) is 0 Å². The van der Waals surface area contributed by atoms with Crippen LogP contribution in [0.3, 0.4) is 0 Å². The third-order valence-electron chi connectivity index (χ3n) is 2.29. The second kappa shape index (κ2) is 8.31. The monoisotopic (exact) mass is 271 g/mol. The molecule has 0 heterocycles. The van der Waals surface area contributed by atoms with Crippen molar-refractivity contribution >= 4 is 5.97 Å². The predicted molar refractivity (Wildman–Crippen MR) is 60.2 cm³/mol. The van der Waals surface area contributed by atoms with Crippen LogP contribution < -0.4 is 0 Å². The SMILES string of the molecule is COC(=O)CN(CCCOCC(F)(F)F)C(C)C. The van der Waals surface area contributed by atoms with Gasteiger partial charge in [0.2, 0.25) is 0 Å². The summed E-state index contributed by atoms with van der Waals surface area (Å²) in [7, 11) is 1.30. The van der Waals surface area contributed by atoms with Crippen molar-refractivity contribution in [2.45, 2.75) is 32.5 Å². The van der Waals surface area contributed by atoms with Gasteiger partial charge in [-0.3, -0.25) is 9.69 Å². The van der Waals surface area contributed by atoms with Crippen LogP contribution in [0.5, 0.6) is 0 Å². The number of nitrogens with zero attached hydrogens (tertiary/aromatic N) is 1. The number of hydrogen-bond donors (Lipinski definition) is 0. The molecular weight excluding hydrogens is 251 g/mol. The summed E-state index contributed by atoms with van der Waals surface area (Å²) in [5, 5.41) is 0. The number of alkyl halides is 3. The molecular formula is C11H20F3NO3. The molecule has 0 aliphatic heterocycles. The van der Waals surface area contributed by atoms with Crippen LogP contribution in [0.25, 0.3) is 0 Å². The number of hydrogen-bond acceptors (Lipinski definition) is 4. The molecule has 0 N–H and O–H groups in total. The van der Waals surface area contributed by atoms with Crippen LogP contribution >= 0.6 is 0 Å². The lowest BCUT2D eigenvalue weighted by Crippen LogP contribution is -2.37. The molecule has 0 atom stereocenters. The van der Waals surface area contributed by atoms with Crippen LogP contribution in [0.2, 0.25) is 0 Å². The first kappa shape index (κ1) is 17.2. The number of esters is 1. The number of methoxy groups -OCH3 is 1. The van der Waals surface area contributed by atoms with E-state index in [4.69, 9.17) is 0 Å². The van der Waals surface area contributed by atoms with Crippen LogP contribution in [0.15, 0.2) is 0 Å². The Bertz CT molecular complexity index is 244. The molecule has 18 heavy (non-hydrogen) atoms. The van der Waals surface area contributed by atoms with E-state index >= 15 is 0 Å². The van der Waals surface area contributed by atoms with Gasteiger partial charge in [-0.25, -0.2) is 0 Å². The van der Waals surface area contributed by atoms with Crippen molar-refractivity contribution in [2.75, 3.05) is 33.4 Å². The molecule has 0 aliphatic rings. The summed E-state index contributed by atoms with van der Waals surface area (Å²) in [5.41, 5.74) is 0. The smallest absolute Gasteiger partial charge is 0.411 e. The lowest BCUT2D eigenvalue weighted by molar-refractivity contribution is -0.174. The van der Waals surface area contributed by atoms with Crippen LogP contribution in [0.4, 0.5) is 13.2 Å². The van der Waals surface area contributed by atoms with E-state index in [0.717, 1.165) is 0 Å². The molecule has 0 spiro atoms. The lowest BCUT2D eigenvalue weighted by Gasteiger charge is -2.24. The summed E-state index contributed by atoms with van der Waals surface area (Å²) in [6.07, 6.45) is -3.85. The summed E-state index contributed by atoms with van der Waals surface area (Å²) in [5.74, 6) is -0.361. The van der Waals surface area contributed by atoms with Gasteiger partial charge in [-0.1, -0.05) is 0 Å². The maximum atomic E-state index is 11.8. The first-order valence-corrected chi connectivity index (χ1v) is 5.71. The number of ether oxygens (including phenoxy) is 2. The van der Waals surface area contributed by atoms with Gasteiger partial charge in [-0.05, 0) is 20.3 Å². The maximum absolute atomic E-state index is 11.8. The van der Waals surface area contributed by atoms with E-state index in [1.165, 1.54) is 7.11 Å². The standard InChI is InChI=1S/C11H20F3NO3/c1-9(2)15(7-10(16)17-3)5-4-6-18-8-11(12,13)14/h9H,4-8H2,1-3H3. The van der Waals surface area contributed by atoms with Gasteiger partial charge in [0.25, 0.3) is 0 Å². The predicted octanol–water partition coefficient (Wildman–Crippen LogP) is 1.84. The number of carbonyl (C=O) groups excluding carboxylic acids is 1. The van der Waals surface area contributed by atoms with Crippen LogP contribution in [0.1, 0.15) is 20.3 Å². The van der Waals surface area contributed by atoms with Gasteiger partial charge < -0.3 is 9.47 Å². The Morgan fingerprint density at radius 3 is 2.39 bits per heavy atom. The normalized spacial score (nSPS) is 12.2. The number of halogens is 3. The van der Waals surface area contributed by atoms with E-state index in [1.807, 2.05) is 18.7 Å². The zero-order valence-electron chi connectivity index (χ0n) is 10.9. The van der Waals surface area contributed by atoms with E-state index in [2.05, 4.69) is 9.47 Å². The summed E-state index contributed by atoms with van der Waals surface area (Å²) < 4.78 is 44.4. The van der Waals surface area contributed by atoms with E-state index in [1.54, 1.807) is 0 Å². The molecule has 0 radical (unpaired) electrons. The number of rotatable bonds is 8. The average Bonchev–Trinajstić information content (AvgIpc) is 2.24. The lowest BCUT2D eigenvalue weighted by atomic mass is 10.3. The van der Waals surface area contributed by atoms with Crippen LogP contribution in [-0.4, -0.2) is 56.5 Å². The van der Waals surface area contributed by atoms with Crippen molar-refractivity contribution in [3.8, 4) is 0 Å². The van der Waals surface area contributed by atoms with Crippen molar-refractivity contribution in [1.82, 2.24) is 4.90 Å². The molecule has 0 unspecified atom stereocenters. The Balaban J connectivity index is 3.81. The Morgan fingerprint density at radius 1 is 1.33 bits per heavy atom. The Hall–Kier alpha value is -0.820. The Labute approximate surface area is 105 Å². The van der Waals surface area contributed by atoms with E-state index in [0.29, 0.717) is 13.0 Å². The fourth-order valence-electron chi connectivity index (χ4n) is 1.31. The molecule has 0 saturated carbocycles. The van der Waals surface area contributed by atoms with Gasteiger partial charge in [-0.2, -0.15) is 13.2 Å². The zero-order valence-corrected chi connectivity index (χ0v) is 10.9. The first-order chi connectivity index (χ1) is 8.26. The van der Waals surface area contributed by atoms with Gasteiger partial charge in [-0.15, -0.1) is 0 Å². The fourth-order valence-corrected chi connectivity index (χ4v) is 1.31. The molecule has 0 aromatic rings. The third kappa shape index (κ3) is 9.23. The van der Waals surface area contributed by atoms with Gasteiger partial charge in [0.1, 0.15) is 6.61 Å². The Morgan fingerprint density at radius 2 is 1.94 bits per heavy atom. The minimum absolute atomic E-state index is 0.0178. The quantitative estimate of drug-likeness (QED) is 0.499. The zero-order chi connectivity index (χ0) is 14.2. The third-order valence-corrected chi connectivity index (χ3v) is 2.29. The molecule has 0 amide bonds. The second-order valence-electron chi connectivity index (χ2n) is 4.16. The number of carbonyl (C=O) groups is 1. The molecule has 108 valence electrons. The summed E-state index contributed by atoms with van der Waals surface area (Å²) in [4.78, 5) is 12.9. The van der Waals surface area contributed by atoms with Crippen molar-refractivity contribution < 1.29 is 27.4 Å². The minimum Gasteiger partial charge on any atom is -0.468 e. The molecule has 4 nitrogen and oxygen atoms in total. The molecule has 0 aromatic heterocycles. The highest BCUT2D eigenvalue weighted by atomic mass is 19.4. The molecule has 0 fully saturated rings. The second-order valence-corrected chi connectivity index (χ2v) is 4.16. The maximum Gasteiger partial charge on any atom is 0.411 e. The summed E-state index contributed by atoms with van der Waals surface area (Å²) in [6, 6.07) is 0.117. The largest absolute Gasteiger partial charge is 0.468 e. The van der Waals surface area contributed by atoms with Gasteiger partial charge in [0.05, 0.1) is 13.7 Å². The average molecular weight is 271 g/mol. The van der Waals surface area contributed by atoms with E-state index in [-0.39, 0.29) is 25.2 Å². The van der Waals surface area contributed by atoms with Crippen molar-refractivity contribution in [3.63, 3.8) is 0 Å². The molecule has 0 aromatic carbocycles. The molecule has 0 rings (SSSR count). The highest BCUT2D eigenvalue weighted by molar-refractivity contribution is 5.71. The van der Waals surface area contributed by atoms with Gasteiger partial charge >= 0.3 is 12.1 Å². The molecule has 0 saturated heterocycles. The Kier molecular flexibility index (Phi) is 7.93. The first-order valence-electron chi connectivity index (χ1n) is 5.71. The molecule has 0 aliphatic carbocycles. The molecule has 0 bridgehead atoms. The van der Waals surface area contributed by atoms with Crippen molar-refractivity contribution in [2.24, 2.45) is 0 Å².